The van der Waals surface area contributed by atoms with E-state index < -0.39 is 21.3 Å². The summed E-state index contributed by atoms with van der Waals surface area (Å²) in [4.78, 5) is 0. The van der Waals surface area contributed by atoms with Gasteiger partial charge in [0.2, 0.25) is 0 Å². The van der Waals surface area contributed by atoms with Crippen molar-refractivity contribution >= 4 is 24.8 Å². The zero-order chi connectivity index (χ0) is 39.5. The summed E-state index contributed by atoms with van der Waals surface area (Å²) in [5.74, 6) is 1.28. The van der Waals surface area contributed by atoms with Gasteiger partial charge in [-0.15, -0.1) is 0 Å². The van der Waals surface area contributed by atoms with Crippen LogP contribution in [0.3, 0.4) is 0 Å². The predicted octanol–water partition coefficient (Wildman–Crippen LogP) is 9.73. The number of fused-ring (bicyclic) bond motifs is 5. The standard InChI is InChI=1S/C41H37.C9H18.C5H5.2ClH.Zr/c1-40(2,3)38-24-34-28(22-36(38)32-19-11-15-26-13-7-9-17-30(26)32)21-29-23-37(39(25-35(29)34)41(4,5)6)33-20-12-16-27-14-8-10-18-31(27)33;1-8(2)6-5-7-9(3)4;1-2-4-5-3-1;;;/h7-25H,1-6H3;8-9H,6-7H2,1-4H3;1-3H,4H2;2*1H;/q;;;;;+2/p-2. The van der Waals surface area contributed by atoms with Gasteiger partial charge in [-0.2, -0.15) is 0 Å². The Morgan fingerprint density at radius 2 is 0.983 bits per heavy atom. The van der Waals surface area contributed by atoms with Crippen LogP contribution in [0.1, 0.15) is 114 Å². The molecule has 0 N–H and O–H groups in total. The van der Waals surface area contributed by atoms with Crippen LogP contribution in [0.25, 0.3) is 54.9 Å². The number of allylic oxidation sites excluding steroid dienone is 4. The van der Waals surface area contributed by atoms with E-state index >= 15 is 0 Å². The fraction of sp³-hybridized carbons (Fsp3) is 0.327. The second kappa shape index (κ2) is 17.3. The quantitative estimate of drug-likeness (QED) is 0.143. The second-order valence-electron chi connectivity index (χ2n) is 19.5. The van der Waals surface area contributed by atoms with Crippen molar-refractivity contribution in [3.05, 3.63) is 153 Å². The van der Waals surface area contributed by atoms with E-state index in [1.165, 1.54) is 78.9 Å². The summed E-state index contributed by atoms with van der Waals surface area (Å²) in [6, 6.07) is 42.5. The summed E-state index contributed by atoms with van der Waals surface area (Å²) in [5.41, 5.74) is 14.5. The molecule has 0 saturated heterocycles. The summed E-state index contributed by atoms with van der Waals surface area (Å²) < 4.78 is 4.09. The first kappa shape index (κ1) is 44.2. The molecule has 0 unspecified atom stereocenters. The molecule has 3 heteroatoms. The average molecular weight is 883 g/mol. The molecule has 0 heterocycles. The molecule has 6 aromatic carbocycles. The minimum atomic E-state index is -2.64. The molecule has 0 atom stereocenters. The van der Waals surface area contributed by atoms with E-state index in [4.69, 9.17) is 0 Å². The van der Waals surface area contributed by atoms with Gasteiger partial charge in [-0.05, 0) is 0 Å². The fourth-order valence-corrected chi connectivity index (χ4v) is 20.1. The third-order valence-corrected chi connectivity index (χ3v) is 20.6. The number of hydrogen-bond acceptors (Lipinski definition) is 0. The van der Waals surface area contributed by atoms with Crippen LogP contribution in [0.5, 0.6) is 0 Å². The molecule has 0 aromatic heterocycles. The summed E-state index contributed by atoms with van der Waals surface area (Å²) in [6.45, 7) is 24.2. The van der Waals surface area contributed by atoms with Crippen LogP contribution < -0.4 is 24.8 Å². The van der Waals surface area contributed by atoms with E-state index in [1.54, 1.807) is 14.4 Å². The Kier molecular flexibility index (Phi) is 13.2. The number of halogens is 2. The summed E-state index contributed by atoms with van der Waals surface area (Å²) >= 11 is -2.64. The Morgan fingerprint density at radius 3 is 1.38 bits per heavy atom. The topological polar surface area (TPSA) is 0 Å². The summed E-state index contributed by atoms with van der Waals surface area (Å²) in [6.07, 6.45) is 10.9. The Labute approximate surface area is 369 Å². The Hall–Kier alpha value is -3.35. The molecule has 0 bridgehead atoms. The third-order valence-electron chi connectivity index (χ3n) is 12.2. The third kappa shape index (κ3) is 8.36. The molecule has 298 valence electrons. The number of rotatable bonds is 8. The smallest absolute Gasteiger partial charge is 1.00 e. The van der Waals surface area contributed by atoms with E-state index in [0.717, 1.165) is 6.42 Å². The normalized spacial score (nSPS) is 13.6. The van der Waals surface area contributed by atoms with Crippen molar-refractivity contribution in [2.24, 2.45) is 11.8 Å². The molecular formula is C55H60Cl2Zr. The molecule has 2 aliphatic rings. The van der Waals surface area contributed by atoms with Crippen molar-refractivity contribution in [2.45, 2.75) is 103 Å². The van der Waals surface area contributed by atoms with Crippen molar-refractivity contribution in [1.29, 1.82) is 0 Å². The first-order valence-corrected chi connectivity index (χ1v) is 25.0. The predicted molar refractivity (Wildman–Crippen MR) is 243 cm³/mol. The van der Waals surface area contributed by atoms with E-state index in [-0.39, 0.29) is 35.6 Å². The number of hydrogen-bond donors (Lipinski definition) is 0. The zero-order valence-corrected chi connectivity index (χ0v) is 40.2. The maximum absolute atomic E-state index is 2.71. The Morgan fingerprint density at radius 1 is 0.552 bits per heavy atom. The SMILES string of the molecule is CC(C)C[C](CC(C)C)=[Zr+2]([C]1=CC=CC1)[CH]1c2cc(-c3cccc4ccccc34)c(C(C)(C)C)cc2-c2cc(C(C)(C)C)c(-c3cccc4ccccc34)cc21.[Cl-].[Cl-]. The van der Waals surface area contributed by atoms with Gasteiger partial charge in [0, 0.05) is 0 Å². The average Bonchev–Trinajstić information content (AvgIpc) is 3.79. The summed E-state index contributed by atoms with van der Waals surface area (Å²) in [5, 5.41) is 5.30. The van der Waals surface area contributed by atoms with Gasteiger partial charge in [0.15, 0.2) is 0 Å². The van der Waals surface area contributed by atoms with Crippen molar-refractivity contribution < 1.29 is 46.1 Å². The first-order valence-electron chi connectivity index (χ1n) is 21.1. The molecule has 0 radical (unpaired) electrons. The van der Waals surface area contributed by atoms with Crippen LogP contribution in [0.2, 0.25) is 0 Å². The second-order valence-corrected chi connectivity index (χ2v) is 26.3. The van der Waals surface area contributed by atoms with E-state index in [0.29, 0.717) is 15.5 Å². The molecule has 2 aliphatic carbocycles. The molecule has 0 spiro atoms. The van der Waals surface area contributed by atoms with Crippen molar-refractivity contribution in [3.8, 4) is 33.4 Å². The summed E-state index contributed by atoms with van der Waals surface area (Å²) in [7, 11) is 0. The van der Waals surface area contributed by atoms with Gasteiger partial charge in [-0.1, -0.05) is 0 Å². The maximum Gasteiger partial charge on any atom is -1.00 e. The molecule has 6 aromatic rings. The van der Waals surface area contributed by atoms with Crippen molar-refractivity contribution in [1.82, 2.24) is 0 Å². The Balaban J connectivity index is 0.00000283. The molecule has 58 heavy (non-hydrogen) atoms. The van der Waals surface area contributed by atoms with Gasteiger partial charge in [0.1, 0.15) is 0 Å². The molecule has 0 aliphatic heterocycles. The van der Waals surface area contributed by atoms with Gasteiger partial charge in [-0.25, -0.2) is 0 Å². The van der Waals surface area contributed by atoms with Gasteiger partial charge < -0.3 is 24.8 Å². The van der Waals surface area contributed by atoms with Gasteiger partial charge >= 0.3 is 347 Å². The molecule has 8 rings (SSSR count). The molecule has 0 amide bonds. The van der Waals surface area contributed by atoms with Crippen LogP contribution >= 0.6 is 0 Å². The van der Waals surface area contributed by atoms with E-state index in [9.17, 15) is 0 Å². The van der Waals surface area contributed by atoms with Crippen LogP contribution in [0, 0.1) is 11.8 Å². The maximum atomic E-state index is 2.71. The minimum absolute atomic E-state index is 0. The van der Waals surface area contributed by atoms with Crippen LogP contribution in [0.15, 0.2) is 131 Å². The van der Waals surface area contributed by atoms with E-state index in [2.05, 4.69) is 197 Å². The molecular weight excluding hydrogens is 823 g/mol. The molecule has 0 nitrogen and oxygen atoms in total. The molecule has 0 fully saturated rings. The van der Waals surface area contributed by atoms with Crippen molar-refractivity contribution in [3.63, 3.8) is 0 Å². The molecule has 0 saturated carbocycles. The Bertz CT molecular complexity index is 2420. The monoisotopic (exact) mass is 880 g/mol. The zero-order valence-electron chi connectivity index (χ0n) is 36.2. The van der Waals surface area contributed by atoms with Crippen LogP contribution in [-0.2, 0) is 32.1 Å². The van der Waals surface area contributed by atoms with Gasteiger partial charge in [0.25, 0.3) is 0 Å². The fourth-order valence-electron chi connectivity index (χ4n) is 9.82. The van der Waals surface area contributed by atoms with Crippen LogP contribution in [0.4, 0.5) is 0 Å². The van der Waals surface area contributed by atoms with Crippen LogP contribution in [-0.4, -0.2) is 3.21 Å². The minimum Gasteiger partial charge on any atom is -1.00 e. The van der Waals surface area contributed by atoms with Crippen molar-refractivity contribution in [2.75, 3.05) is 0 Å². The first-order chi connectivity index (χ1) is 26.7. The largest absolute Gasteiger partial charge is 1.00 e. The van der Waals surface area contributed by atoms with Gasteiger partial charge in [0.05, 0.1) is 0 Å². The van der Waals surface area contributed by atoms with Gasteiger partial charge in [-0.3, -0.25) is 0 Å². The van der Waals surface area contributed by atoms with E-state index in [1.807, 2.05) is 3.21 Å². The number of benzene rings is 6.